The first-order valence-electron chi connectivity index (χ1n) is 7.75. The summed E-state index contributed by atoms with van der Waals surface area (Å²) in [7, 11) is 0. The van der Waals surface area contributed by atoms with Gasteiger partial charge in [-0.15, -0.1) is 11.3 Å². The van der Waals surface area contributed by atoms with E-state index in [4.69, 9.17) is 11.6 Å². The monoisotopic (exact) mass is 402 g/mol. The number of aromatic nitrogens is 3. The highest BCUT2D eigenvalue weighted by molar-refractivity contribution is 7.15. The molecule has 10 heteroatoms. The van der Waals surface area contributed by atoms with Crippen LogP contribution < -0.4 is 4.40 Å². The minimum absolute atomic E-state index is 0.0463. The van der Waals surface area contributed by atoms with Gasteiger partial charge in [0.1, 0.15) is 6.54 Å². The molecule has 0 radical (unpaired) electrons. The van der Waals surface area contributed by atoms with E-state index in [0.717, 1.165) is 29.7 Å². The minimum atomic E-state index is -5.10. The van der Waals surface area contributed by atoms with Crippen LogP contribution in [-0.2, 0) is 6.54 Å². The number of halogens is 4. The van der Waals surface area contributed by atoms with E-state index in [0.29, 0.717) is 10.5 Å². The SMILES string of the molecule is O=C(c1c(O)[n+]2cccc(C3CC3)c2n1Cc1cnc(Cl)s1)C(F)(F)F. The fourth-order valence-electron chi connectivity index (χ4n) is 3.05. The van der Waals surface area contributed by atoms with Gasteiger partial charge in [0.2, 0.25) is 0 Å². The Morgan fingerprint density at radius 3 is 2.77 bits per heavy atom. The molecule has 0 bridgehead atoms. The van der Waals surface area contributed by atoms with E-state index >= 15 is 0 Å². The summed E-state index contributed by atoms with van der Waals surface area (Å²) in [5.74, 6) is -2.60. The largest absolute Gasteiger partial charge is 0.474 e. The quantitative estimate of drug-likeness (QED) is 0.534. The Labute approximate surface area is 154 Å². The van der Waals surface area contributed by atoms with Gasteiger partial charge < -0.3 is 5.11 Å². The van der Waals surface area contributed by atoms with Crippen LogP contribution in [0, 0.1) is 0 Å². The molecule has 136 valence electrons. The first kappa shape index (κ1) is 17.3. The van der Waals surface area contributed by atoms with Crippen LogP contribution in [-0.4, -0.2) is 26.6 Å². The van der Waals surface area contributed by atoms with Gasteiger partial charge in [0, 0.05) is 11.8 Å². The fourth-order valence-corrected chi connectivity index (χ4v) is 4.02. The maximum absolute atomic E-state index is 13.1. The van der Waals surface area contributed by atoms with Crippen molar-refractivity contribution in [1.29, 1.82) is 0 Å². The summed E-state index contributed by atoms with van der Waals surface area (Å²) < 4.78 is 42.1. The zero-order valence-corrected chi connectivity index (χ0v) is 14.7. The van der Waals surface area contributed by atoms with Crippen molar-refractivity contribution < 1.29 is 27.5 Å². The average Bonchev–Trinajstić information content (AvgIpc) is 3.29. The minimum Gasteiger partial charge on any atom is -0.474 e. The lowest BCUT2D eigenvalue weighted by Gasteiger charge is -2.05. The molecule has 0 aromatic carbocycles. The summed E-state index contributed by atoms with van der Waals surface area (Å²) in [5, 5.41) is 10.4. The number of rotatable bonds is 4. The number of carbonyl (C=O) groups is 1. The van der Waals surface area contributed by atoms with Crippen LogP contribution in [0.3, 0.4) is 0 Å². The molecule has 4 rings (SSSR count). The Balaban J connectivity index is 1.99. The molecule has 1 aliphatic carbocycles. The molecule has 26 heavy (non-hydrogen) atoms. The summed E-state index contributed by atoms with van der Waals surface area (Å²) in [6, 6.07) is 3.46. The lowest BCUT2D eigenvalue weighted by atomic mass is 10.2. The second-order valence-electron chi connectivity index (χ2n) is 6.10. The second kappa shape index (κ2) is 5.95. The molecular formula is C16H12ClF3N3O2S+. The maximum Gasteiger partial charge on any atom is 0.459 e. The maximum atomic E-state index is 13.1. The third-order valence-electron chi connectivity index (χ3n) is 4.29. The number of thiazole rings is 1. The number of fused-ring (bicyclic) bond motifs is 1. The number of alkyl halides is 3. The molecule has 3 aromatic heterocycles. The average molecular weight is 403 g/mol. The van der Waals surface area contributed by atoms with Gasteiger partial charge in [-0.1, -0.05) is 11.6 Å². The Bertz CT molecular complexity index is 1020. The van der Waals surface area contributed by atoms with Crippen LogP contribution in [0.1, 0.15) is 39.7 Å². The summed E-state index contributed by atoms with van der Waals surface area (Å²) >= 11 is 6.92. The molecule has 0 spiro atoms. The summed E-state index contributed by atoms with van der Waals surface area (Å²) in [6.07, 6.45) is -0.377. The zero-order chi connectivity index (χ0) is 18.6. The number of ketones is 1. The van der Waals surface area contributed by atoms with E-state index in [2.05, 4.69) is 4.98 Å². The molecule has 5 nitrogen and oxygen atoms in total. The van der Waals surface area contributed by atoms with E-state index in [1.165, 1.54) is 21.4 Å². The number of Topliss-reactive ketones (excluding diaryl/α,β-unsaturated/α-hetero) is 1. The van der Waals surface area contributed by atoms with Crippen molar-refractivity contribution in [2.75, 3.05) is 0 Å². The molecule has 0 aliphatic heterocycles. The van der Waals surface area contributed by atoms with Crippen molar-refractivity contribution in [3.05, 3.63) is 45.1 Å². The van der Waals surface area contributed by atoms with Crippen molar-refractivity contribution in [3.63, 3.8) is 0 Å². The predicted octanol–water partition coefficient (Wildman–Crippen LogP) is 3.71. The molecule has 3 aromatic rings. The number of carbonyl (C=O) groups excluding carboxylic acids is 1. The number of imidazole rings is 1. The molecule has 3 heterocycles. The highest BCUT2D eigenvalue weighted by Crippen LogP contribution is 2.42. The summed E-state index contributed by atoms with van der Waals surface area (Å²) in [6.45, 7) is -0.0463. The van der Waals surface area contributed by atoms with Crippen LogP contribution in [0.5, 0.6) is 5.88 Å². The molecule has 0 amide bonds. The van der Waals surface area contributed by atoms with Crippen LogP contribution in [0.2, 0.25) is 4.47 Å². The van der Waals surface area contributed by atoms with Crippen molar-refractivity contribution in [3.8, 4) is 5.88 Å². The van der Waals surface area contributed by atoms with Crippen molar-refractivity contribution in [2.24, 2.45) is 0 Å². The Morgan fingerprint density at radius 1 is 1.46 bits per heavy atom. The molecule has 1 fully saturated rings. The molecule has 0 unspecified atom stereocenters. The molecule has 0 saturated heterocycles. The van der Waals surface area contributed by atoms with E-state index in [9.17, 15) is 23.1 Å². The summed E-state index contributed by atoms with van der Waals surface area (Å²) in [5.41, 5.74) is 0.402. The lowest BCUT2D eigenvalue weighted by Crippen LogP contribution is -2.26. The van der Waals surface area contributed by atoms with E-state index in [1.807, 2.05) is 6.07 Å². The van der Waals surface area contributed by atoms with Gasteiger partial charge in [0.15, 0.2) is 4.47 Å². The third-order valence-corrected chi connectivity index (χ3v) is 5.39. The van der Waals surface area contributed by atoms with Crippen LogP contribution >= 0.6 is 22.9 Å². The molecule has 1 aliphatic rings. The number of hydrogen-bond acceptors (Lipinski definition) is 4. The first-order valence-corrected chi connectivity index (χ1v) is 8.94. The smallest absolute Gasteiger partial charge is 0.459 e. The van der Waals surface area contributed by atoms with Crippen LogP contribution in [0.4, 0.5) is 13.2 Å². The predicted molar refractivity (Wildman–Crippen MR) is 87.8 cm³/mol. The number of hydrogen-bond donors (Lipinski definition) is 1. The van der Waals surface area contributed by atoms with Crippen LogP contribution in [0.25, 0.3) is 5.65 Å². The van der Waals surface area contributed by atoms with Gasteiger partial charge in [-0.05, 0) is 30.9 Å². The fraction of sp³-hybridized carbons (Fsp3) is 0.312. The highest BCUT2D eigenvalue weighted by atomic mass is 35.5. The standard InChI is InChI=1S/C16H11ClF3N3O2S/c17-15-21-6-9(26-15)7-23-11(12(24)16(18,19)20)14(25)22-5-1-2-10(13(22)23)8-3-4-8/h1-2,5-6,8H,3-4,7H2/p+1. The first-order chi connectivity index (χ1) is 12.3. The number of nitrogens with zero attached hydrogens (tertiary/aromatic N) is 3. The number of pyridine rings is 1. The molecule has 1 N–H and O–H groups in total. The van der Waals surface area contributed by atoms with Gasteiger partial charge in [-0.3, -0.25) is 4.79 Å². The molecule has 1 saturated carbocycles. The van der Waals surface area contributed by atoms with E-state index in [1.54, 1.807) is 6.07 Å². The zero-order valence-electron chi connectivity index (χ0n) is 13.1. The second-order valence-corrected chi connectivity index (χ2v) is 7.79. The van der Waals surface area contributed by atoms with Crippen molar-refractivity contribution in [2.45, 2.75) is 31.5 Å². The van der Waals surface area contributed by atoms with Gasteiger partial charge in [0.05, 0.1) is 11.1 Å². The van der Waals surface area contributed by atoms with Crippen molar-refractivity contribution in [1.82, 2.24) is 9.55 Å². The van der Waals surface area contributed by atoms with Crippen molar-refractivity contribution >= 4 is 34.4 Å². The Kier molecular flexibility index (Phi) is 3.96. The van der Waals surface area contributed by atoms with E-state index in [-0.39, 0.29) is 16.9 Å². The number of aromatic hydroxyl groups is 1. The topological polar surface area (TPSA) is 59.2 Å². The van der Waals surface area contributed by atoms with Gasteiger partial charge in [-0.2, -0.15) is 17.6 Å². The van der Waals surface area contributed by atoms with Gasteiger partial charge >= 0.3 is 17.8 Å². The van der Waals surface area contributed by atoms with Crippen LogP contribution in [0.15, 0.2) is 24.5 Å². The highest BCUT2D eigenvalue weighted by Gasteiger charge is 2.48. The third kappa shape index (κ3) is 2.84. The molecule has 0 atom stereocenters. The Hall–Kier alpha value is -2.13. The van der Waals surface area contributed by atoms with Gasteiger partial charge in [0.25, 0.3) is 11.3 Å². The van der Waals surface area contributed by atoms with E-state index < -0.39 is 23.5 Å². The Morgan fingerprint density at radius 2 is 2.19 bits per heavy atom. The molecular weight excluding hydrogens is 391 g/mol. The lowest BCUT2D eigenvalue weighted by molar-refractivity contribution is -0.521. The normalized spacial score (nSPS) is 14.9. The summed E-state index contributed by atoms with van der Waals surface area (Å²) in [4.78, 5) is 16.5. The van der Waals surface area contributed by atoms with Gasteiger partial charge in [-0.25, -0.2) is 9.55 Å².